The number of thiophene rings is 1. The maximum absolute atomic E-state index is 13.3. The highest BCUT2D eigenvalue weighted by molar-refractivity contribution is 7.16. The first kappa shape index (κ1) is 19.6. The Kier molecular flexibility index (Phi) is 5.47. The molecule has 2 heterocycles. The summed E-state index contributed by atoms with van der Waals surface area (Å²) in [5.41, 5.74) is 5.43. The molecule has 4 nitrogen and oxygen atoms in total. The van der Waals surface area contributed by atoms with E-state index in [2.05, 4.69) is 35.4 Å². The van der Waals surface area contributed by atoms with Gasteiger partial charge in [-0.3, -0.25) is 4.79 Å². The summed E-state index contributed by atoms with van der Waals surface area (Å²) in [6.07, 6.45) is 12.3. The minimum absolute atomic E-state index is 0.0871. The number of benzene rings is 1. The highest BCUT2D eigenvalue weighted by Gasteiger charge is 2.27. The van der Waals surface area contributed by atoms with Crippen LogP contribution in [-0.4, -0.2) is 23.1 Å². The molecule has 2 N–H and O–H groups in total. The van der Waals surface area contributed by atoms with Crippen LogP contribution in [0.3, 0.4) is 0 Å². The summed E-state index contributed by atoms with van der Waals surface area (Å²) >= 11 is 1.72. The second-order valence-corrected chi connectivity index (χ2v) is 9.75. The van der Waals surface area contributed by atoms with Gasteiger partial charge in [-0.15, -0.1) is 11.3 Å². The third-order valence-corrected chi connectivity index (χ3v) is 7.77. The Morgan fingerprint density at radius 2 is 1.93 bits per heavy atom. The zero-order valence-electron chi connectivity index (χ0n) is 17.6. The second-order valence-electron chi connectivity index (χ2n) is 8.67. The molecule has 0 atom stereocenters. The molecule has 0 unspecified atom stereocenters. The van der Waals surface area contributed by atoms with Crippen molar-refractivity contribution in [2.75, 3.05) is 0 Å². The fraction of sp³-hybridized carbons (Fsp3) is 0.440. The molecule has 1 saturated carbocycles. The monoisotopic (exact) mass is 419 g/mol. The lowest BCUT2D eigenvalue weighted by atomic mass is 9.93. The van der Waals surface area contributed by atoms with E-state index in [4.69, 9.17) is 4.99 Å². The molecule has 0 radical (unpaired) electrons. The Morgan fingerprint density at radius 1 is 1.13 bits per heavy atom. The normalized spacial score (nSPS) is 17.5. The number of carbonyl (C=O) groups is 1. The molecule has 2 aromatic heterocycles. The minimum Gasteiger partial charge on any atom is -0.358 e. The van der Waals surface area contributed by atoms with Crippen molar-refractivity contribution in [3.8, 4) is 0 Å². The maximum atomic E-state index is 13.3. The molecule has 5 rings (SSSR count). The number of hydrogen-bond acceptors (Lipinski definition) is 3. The van der Waals surface area contributed by atoms with Crippen molar-refractivity contribution in [3.05, 3.63) is 51.5 Å². The van der Waals surface area contributed by atoms with E-state index in [0.29, 0.717) is 6.04 Å². The number of nitrogens with one attached hydrogen (secondary N) is 2. The van der Waals surface area contributed by atoms with Gasteiger partial charge in [-0.2, -0.15) is 0 Å². The lowest BCUT2D eigenvalue weighted by Crippen LogP contribution is -2.36. The van der Waals surface area contributed by atoms with Gasteiger partial charge in [0.15, 0.2) is 0 Å². The fourth-order valence-corrected chi connectivity index (χ4v) is 6.20. The van der Waals surface area contributed by atoms with Gasteiger partial charge < -0.3 is 10.3 Å². The summed E-state index contributed by atoms with van der Waals surface area (Å²) in [5, 5.41) is 5.38. The van der Waals surface area contributed by atoms with Crippen LogP contribution in [0.4, 0.5) is 5.00 Å². The van der Waals surface area contributed by atoms with Crippen molar-refractivity contribution in [1.82, 2.24) is 10.3 Å². The third kappa shape index (κ3) is 3.71. The first-order valence-corrected chi connectivity index (χ1v) is 12.1. The van der Waals surface area contributed by atoms with Crippen LogP contribution in [0.2, 0.25) is 0 Å². The minimum atomic E-state index is 0.0871. The SMILES string of the molecule is Cc1[nH]c2ccccc2c1/C=N/c1sc2c(c1C(=O)NC1CCCCC1)CCCC2. The number of H-pyrrole nitrogens is 1. The van der Waals surface area contributed by atoms with E-state index >= 15 is 0 Å². The summed E-state index contributed by atoms with van der Waals surface area (Å²) in [5.74, 6) is 0.0871. The van der Waals surface area contributed by atoms with E-state index in [0.717, 1.165) is 59.4 Å². The smallest absolute Gasteiger partial charge is 0.254 e. The van der Waals surface area contributed by atoms with Gasteiger partial charge in [0.1, 0.15) is 5.00 Å². The topological polar surface area (TPSA) is 57.2 Å². The van der Waals surface area contributed by atoms with Gasteiger partial charge in [0.2, 0.25) is 0 Å². The van der Waals surface area contributed by atoms with Crippen molar-refractivity contribution in [2.45, 2.75) is 70.8 Å². The van der Waals surface area contributed by atoms with Crippen molar-refractivity contribution in [3.63, 3.8) is 0 Å². The average molecular weight is 420 g/mol. The summed E-state index contributed by atoms with van der Waals surface area (Å²) < 4.78 is 0. The van der Waals surface area contributed by atoms with Gasteiger partial charge >= 0.3 is 0 Å². The van der Waals surface area contributed by atoms with E-state index < -0.39 is 0 Å². The molecule has 0 spiro atoms. The Labute approximate surface area is 181 Å². The molecule has 0 saturated heterocycles. The summed E-state index contributed by atoms with van der Waals surface area (Å²) in [4.78, 5) is 23.0. The average Bonchev–Trinajstić information content (AvgIpc) is 3.29. The lowest BCUT2D eigenvalue weighted by Gasteiger charge is -2.23. The molecule has 2 aliphatic rings. The number of fused-ring (bicyclic) bond motifs is 2. The van der Waals surface area contributed by atoms with E-state index in [-0.39, 0.29) is 5.91 Å². The van der Waals surface area contributed by atoms with Crippen LogP contribution >= 0.6 is 11.3 Å². The van der Waals surface area contributed by atoms with Gasteiger partial charge in [0.25, 0.3) is 5.91 Å². The Morgan fingerprint density at radius 3 is 2.80 bits per heavy atom. The predicted molar refractivity (Wildman–Crippen MR) is 126 cm³/mol. The van der Waals surface area contributed by atoms with Crippen molar-refractivity contribution in [1.29, 1.82) is 0 Å². The predicted octanol–water partition coefficient (Wildman–Crippen LogP) is 6.23. The molecule has 1 fully saturated rings. The Balaban J connectivity index is 1.49. The molecule has 1 amide bonds. The van der Waals surface area contributed by atoms with E-state index in [9.17, 15) is 4.79 Å². The quantitative estimate of drug-likeness (QED) is 0.484. The number of nitrogens with zero attached hydrogens (tertiary/aromatic N) is 1. The molecule has 30 heavy (non-hydrogen) atoms. The van der Waals surface area contributed by atoms with Crippen molar-refractivity contribution >= 4 is 39.4 Å². The van der Waals surface area contributed by atoms with Crippen molar-refractivity contribution in [2.24, 2.45) is 4.99 Å². The number of para-hydroxylation sites is 1. The molecule has 1 aromatic carbocycles. The summed E-state index contributed by atoms with van der Waals surface area (Å²) in [6.45, 7) is 2.08. The number of amides is 1. The zero-order valence-corrected chi connectivity index (χ0v) is 18.4. The molecule has 3 aromatic rings. The number of aliphatic imine (C=N–C) groups is 1. The number of hydrogen-bond donors (Lipinski definition) is 2. The highest BCUT2D eigenvalue weighted by atomic mass is 32.1. The number of aryl methyl sites for hydroxylation is 2. The maximum Gasteiger partial charge on any atom is 0.254 e. The molecule has 2 aliphatic carbocycles. The molecular weight excluding hydrogens is 390 g/mol. The summed E-state index contributed by atoms with van der Waals surface area (Å²) in [6, 6.07) is 8.63. The third-order valence-electron chi connectivity index (χ3n) is 6.57. The summed E-state index contributed by atoms with van der Waals surface area (Å²) in [7, 11) is 0. The molecule has 156 valence electrons. The van der Waals surface area contributed by atoms with Gasteiger partial charge in [-0.25, -0.2) is 4.99 Å². The van der Waals surface area contributed by atoms with Crippen molar-refractivity contribution < 1.29 is 4.79 Å². The van der Waals surface area contributed by atoms with Gasteiger partial charge in [0.05, 0.1) is 5.56 Å². The first-order chi connectivity index (χ1) is 14.7. The van der Waals surface area contributed by atoms with Gasteiger partial charge in [0, 0.05) is 39.3 Å². The molecule has 5 heteroatoms. The number of carbonyl (C=O) groups excluding carboxylic acids is 1. The molecular formula is C25H29N3OS. The number of rotatable bonds is 4. The van der Waals surface area contributed by atoms with Gasteiger partial charge in [-0.1, -0.05) is 37.5 Å². The van der Waals surface area contributed by atoms with Crippen LogP contribution < -0.4 is 5.32 Å². The van der Waals surface area contributed by atoms with E-state index in [1.807, 2.05) is 12.3 Å². The largest absolute Gasteiger partial charge is 0.358 e. The Bertz CT molecular complexity index is 1100. The molecule has 0 bridgehead atoms. The number of aromatic nitrogens is 1. The standard InChI is InChI=1S/C25H29N3OS/c1-16-20(18-11-5-7-13-21(18)27-16)15-26-25-23(19-12-6-8-14-22(19)30-25)24(29)28-17-9-3-2-4-10-17/h5,7,11,13,15,17,27H,2-4,6,8-10,12,14H2,1H3,(H,28,29)/b26-15+. The van der Waals surface area contributed by atoms with Crippen LogP contribution in [0.15, 0.2) is 29.3 Å². The van der Waals surface area contributed by atoms with Crippen LogP contribution in [0.5, 0.6) is 0 Å². The highest BCUT2D eigenvalue weighted by Crippen LogP contribution is 2.40. The van der Waals surface area contributed by atoms with E-state index in [1.54, 1.807) is 11.3 Å². The van der Waals surface area contributed by atoms with Crippen LogP contribution in [0.1, 0.15) is 77.0 Å². The molecule has 0 aliphatic heterocycles. The van der Waals surface area contributed by atoms with Gasteiger partial charge in [-0.05, 0) is 57.1 Å². The Hall–Kier alpha value is -2.40. The van der Waals surface area contributed by atoms with E-state index in [1.165, 1.54) is 41.5 Å². The van der Waals surface area contributed by atoms with Crippen LogP contribution in [-0.2, 0) is 12.8 Å². The zero-order chi connectivity index (χ0) is 20.5. The lowest BCUT2D eigenvalue weighted by molar-refractivity contribution is 0.0927. The fourth-order valence-electron chi connectivity index (χ4n) is 4.97. The van der Waals surface area contributed by atoms with Crippen LogP contribution in [0, 0.1) is 6.92 Å². The first-order valence-electron chi connectivity index (χ1n) is 11.3. The number of aromatic amines is 1. The second kappa shape index (κ2) is 8.38. The van der Waals surface area contributed by atoms with Crippen LogP contribution in [0.25, 0.3) is 10.9 Å².